The number of halogens is 2. The quantitative estimate of drug-likeness (QED) is 0.716. The first-order valence-electron chi connectivity index (χ1n) is 5.38. The van der Waals surface area contributed by atoms with Crippen LogP contribution in [0.2, 0.25) is 5.02 Å². The highest BCUT2D eigenvalue weighted by Gasteiger charge is 2.03. The molecule has 0 bridgehead atoms. The van der Waals surface area contributed by atoms with Gasteiger partial charge in [-0.1, -0.05) is 33.6 Å². The number of hydrogen-bond acceptors (Lipinski definition) is 2. The first kappa shape index (κ1) is 11.6. The van der Waals surface area contributed by atoms with Gasteiger partial charge in [-0.25, -0.2) is 4.98 Å². The Kier molecular flexibility index (Phi) is 2.97. The number of imidazole rings is 1. The van der Waals surface area contributed by atoms with Gasteiger partial charge in [0, 0.05) is 15.2 Å². The van der Waals surface area contributed by atoms with Crippen molar-refractivity contribution in [3.05, 3.63) is 52.0 Å². The number of aromatic nitrogens is 2. The van der Waals surface area contributed by atoms with Crippen LogP contribution in [0.5, 0.6) is 0 Å². The second-order valence-corrected chi connectivity index (χ2v) is 5.23. The van der Waals surface area contributed by atoms with E-state index >= 15 is 0 Å². The fourth-order valence-electron chi connectivity index (χ4n) is 1.74. The van der Waals surface area contributed by atoms with E-state index in [4.69, 9.17) is 11.6 Å². The molecule has 18 heavy (non-hydrogen) atoms. The Bertz CT molecular complexity index is 708. The Hall–Kier alpha value is -1.52. The van der Waals surface area contributed by atoms with Crippen LogP contribution in [-0.2, 0) is 0 Å². The largest absolute Gasteiger partial charge is 0.326 e. The standard InChI is InChI=1S/C13H9BrClN3/c14-8-2-1-3-10(6-8)16-13-17-11-5-4-9(15)7-12(11)18-13/h1-7H,(H2,16,17,18). The Morgan fingerprint density at radius 1 is 1.17 bits per heavy atom. The summed E-state index contributed by atoms with van der Waals surface area (Å²) in [6, 6.07) is 13.5. The molecule has 0 aliphatic heterocycles. The van der Waals surface area contributed by atoms with Gasteiger partial charge >= 0.3 is 0 Å². The van der Waals surface area contributed by atoms with Crippen LogP contribution in [0.15, 0.2) is 46.9 Å². The van der Waals surface area contributed by atoms with Gasteiger partial charge in [0.25, 0.3) is 0 Å². The molecule has 0 spiro atoms. The van der Waals surface area contributed by atoms with E-state index in [0.717, 1.165) is 21.2 Å². The number of H-pyrrole nitrogens is 1. The summed E-state index contributed by atoms with van der Waals surface area (Å²) in [7, 11) is 0. The first-order chi connectivity index (χ1) is 8.70. The van der Waals surface area contributed by atoms with Gasteiger partial charge in [0.05, 0.1) is 11.0 Å². The van der Waals surface area contributed by atoms with Crippen LogP contribution in [0.1, 0.15) is 0 Å². The van der Waals surface area contributed by atoms with Crippen molar-refractivity contribution in [3.8, 4) is 0 Å². The third kappa shape index (κ3) is 2.35. The average Bonchev–Trinajstić information content (AvgIpc) is 2.70. The topological polar surface area (TPSA) is 40.7 Å². The van der Waals surface area contributed by atoms with Crippen LogP contribution >= 0.6 is 27.5 Å². The molecule has 2 N–H and O–H groups in total. The molecule has 0 fully saturated rings. The van der Waals surface area contributed by atoms with Crippen molar-refractivity contribution in [1.82, 2.24) is 9.97 Å². The van der Waals surface area contributed by atoms with Crippen molar-refractivity contribution in [3.63, 3.8) is 0 Å². The molecule has 0 amide bonds. The Balaban J connectivity index is 1.95. The van der Waals surface area contributed by atoms with E-state index < -0.39 is 0 Å². The Morgan fingerprint density at radius 2 is 2.06 bits per heavy atom. The van der Waals surface area contributed by atoms with Crippen molar-refractivity contribution in [2.75, 3.05) is 5.32 Å². The average molecular weight is 323 g/mol. The van der Waals surface area contributed by atoms with Crippen molar-refractivity contribution in [1.29, 1.82) is 0 Å². The number of aromatic amines is 1. The van der Waals surface area contributed by atoms with Crippen LogP contribution in [0.4, 0.5) is 11.6 Å². The monoisotopic (exact) mass is 321 g/mol. The van der Waals surface area contributed by atoms with Gasteiger partial charge in [0.2, 0.25) is 5.95 Å². The molecule has 0 saturated heterocycles. The van der Waals surface area contributed by atoms with Crippen LogP contribution in [0.3, 0.4) is 0 Å². The predicted octanol–water partition coefficient (Wildman–Crippen LogP) is 4.72. The highest BCUT2D eigenvalue weighted by atomic mass is 79.9. The lowest BCUT2D eigenvalue weighted by atomic mass is 10.3. The fraction of sp³-hybridized carbons (Fsp3) is 0. The number of nitrogens with one attached hydrogen (secondary N) is 2. The van der Waals surface area contributed by atoms with E-state index in [9.17, 15) is 0 Å². The fourth-order valence-corrected chi connectivity index (χ4v) is 2.32. The van der Waals surface area contributed by atoms with Crippen LogP contribution in [0.25, 0.3) is 11.0 Å². The van der Waals surface area contributed by atoms with Crippen molar-refractivity contribution < 1.29 is 0 Å². The lowest BCUT2D eigenvalue weighted by molar-refractivity contribution is 1.31. The number of fused-ring (bicyclic) bond motifs is 1. The molecule has 0 saturated carbocycles. The lowest BCUT2D eigenvalue weighted by Gasteiger charge is -2.02. The Morgan fingerprint density at radius 3 is 2.89 bits per heavy atom. The summed E-state index contributed by atoms with van der Waals surface area (Å²) in [5.74, 6) is 0.699. The van der Waals surface area contributed by atoms with E-state index in [1.165, 1.54) is 0 Å². The normalized spacial score (nSPS) is 10.8. The van der Waals surface area contributed by atoms with Gasteiger partial charge in [-0.3, -0.25) is 0 Å². The van der Waals surface area contributed by atoms with E-state index in [-0.39, 0.29) is 0 Å². The minimum Gasteiger partial charge on any atom is -0.326 e. The summed E-state index contributed by atoms with van der Waals surface area (Å²) in [6.07, 6.45) is 0. The summed E-state index contributed by atoms with van der Waals surface area (Å²) in [5.41, 5.74) is 2.77. The van der Waals surface area contributed by atoms with Crippen molar-refractivity contribution in [2.24, 2.45) is 0 Å². The number of rotatable bonds is 2. The first-order valence-corrected chi connectivity index (χ1v) is 6.56. The van der Waals surface area contributed by atoms with E-state index in [0.29, 0.717) is 11.0 Å². The zero-order valence-corrected chi connectivity index (χ0v) is 11.6. The van der Waals surface area contributed by atoms with Gasteiger partial charge in [-0.2, -0.15) is 0 Å². The van der Waals surface area contributed by atoms with E-state index in [1.807, 2.05) is 42.5 Å². The zero-order chi connectivity index (χ0) is 12.5. The number of hydrogen-bond donors (Lipinski definition) is 2. The minimum absolute atomic E-state index is 0.695. The minimum atomic E-state index is 0.695. The van der Waals surface area contributed by atoms with E-state index in [2.05, 4.69) is 31.2 Å². The molecule has 5 heteroatoms. The predicted molar refractivity (Wildman–Crippen MR) is 78.5 cm³/mol. The van der Waals surface area contributed by atoms with Gasteiger partial charge in [-0.05, 0) is 36.4 Å². The van der Waals surface area contributed by atoms with Crippen molar-refractivity contribution in [2.45, 2.75) is 0 Å². The molecule has 90 valence electrons. The lowest BCUT2D eigenvalue weighted by Crippen LogP contribution is -1.91. The van der Waals surface area contributed by atoms with Crippen LogP contribution in [0, 0.1) is 0 Å². The molecule has 2 aromatic carbocycles. The molecule has 3 rings (SSSR count). The smallest absolute Gasteiger partial charge is 0.205 e. The molecule has 0 radical (unpaired) electrons. The third-order valence-electron chi connectivity index (χ3n) is 2.53. The van der Waals surface area contributed by atoms with Gasteiger partial charge in [-0.15, -0.1) is 0 Å². The third-order valence-corrected chi connectivity index (χ3v) is 3.26. The van der Waals surface area contributed by atoms with E-state index in [1.54, 1.807) is 0 Å². The van der Waals surface area contributed by atoms with Gasteiger partial charge in [0.1, 0.15) is 0 Å². The molecule has 3 aromatic rings. The maximum Gasteiger partial charge on any atom is 0.205 e. The summed E-state index contributed by atoms with van der Waals surface area (Å²) in [6.45, 7) is 0. The maximum atomic E-state index is 5.93. The molecule has 0 aliphatic carbocycles. The molecular weight excluding hydrogens is 314 g/mol. The number of nitrogens with zero attached hydrogens (tertiary/aromatic N) is 1. The molecule has 3 nitrogen and oxygen atoms in total. The van der Waals surface area contributed by atoms with Gasteiger partial charge in [0.15, 0.2) is 0 Å². The second-order valence-electron chi connectivity index (χ2n) is 3.88. The number of benzene rings is 2. The Labute approximate surface area is 117 Å². The zero-order valence-electron chi connectivity index (χ0n) is 9.24. The molecule has 0 atom stereocenters. The van der Waals surface area contributed by atoms with Gasteiger partial charge < -0.3 is 10.3 Å². The summed E-state index contributed by atoms with van der Waals surface area (Å²) < 4.78 is 1.02. The molecule has 1 heterocycles. The molecule has 1 aromatic heterocycles. The maximum absolute atomic E-state index is 5.93. The summed E-state index contributed by atoms with van der Waals surface area (Å²) >= 11 is 9.37. The second kappa shape index (κ2) is 4.63. The SMILES string of the molecule is Clc1ccc2nc(Nc3cccc(Br)c3)[nH]c2c1. The van der Waals surface area contributed by atoms with Crippen molar-refractivity contribution >= 4 is 50.2 Å². The molecule has 0 unspecified atom stereocenters. The summed E-state index contributed by atoms with van der Waals surface area (Å²) in [4.78, 5) is 7.62. The highest BCUT2D eigenvalue weighted by molar-refractivity contribution is 9.10. The molecule has 0 aliphatic rings. The highest BCUT2D eigenvalue weighted by Crippen LogP contribution is 2.22. The molecular formula is C13H9BrClN3. The number of anilines is 2. The summed E-state index contributed by atoms with van der Waals surface area (Å²) in [5, 5.41) is 3.91. The van der Waals surface area contributed by atoms with Crippen LogP contribution in [-0.4, -0.2) is 9.97 Å². The van der Waals surface area contributed by atoms with Crippen LogP contribution < -0.4 is 5.32 Å².